The summed E-state index contributed by atoms with van der Waals surface area (Å²) in [6.45, 7) is 1.64. The smallest absolute Gasteiger partial charge is 0.0595 e. The fourth-order valence-electron chi connectivity index (χ4n) is 2.39. The molecule has 0 aliphatic rings. The van der Waals surface area contributed by atoms with Gasteiger partial charge < -0.3 is 5.01 Å². The molecule has 0 bridgehead atoms. The fourth-order valence-corrected chi connectivity index (χ4v) is 2.39. The molecule has 0 aliphatic carbocycles. The molecule has 0 unspecified atom stereocenters. The summed E-state index contributed by atoms with van der Waals surface area (Å²) in [7, 11) is 0. The van der Waals surface area contributed by atoms with E-state index in [-0.39, 0.29) is 0 Å². The average Bonchev–Trinajstić information content (AvgIpc) is 2.61. The van der Waals surface area contributed by atoms with Gasteiger partial charge in [-0.2, -0.15) is 0 Å². The van der Waals surface area contributed by atoms with Crippen molar-refractivity contribution in [2.45, 2.75) is 13.1 Å². The van der Waals surface area contributed by atoms with E-state index in [9.17, 15) is 0 Å². The van der Waals surface area contributed by atoms with Crippen LogP contribution in [0.5, 0.6) is 0 Å². The molecule has 3 rings (SSSR count). The van der Waals surface area contributed by atoms with Crippen LogP contribution in [0.3, 0.4) is 0 Å². The normalized spacial score (nSPS) is 10.4. The molecule has 2 heteroatoms. The molecule has 3 aromatic rings. The molecule has 0 aliphatic heterocycles. The molecule has 3 aromatic carbocycles. The minimum Gasteiger partial charge on any atom is -0.304 e. The number of hydrogen-bond acceptors (Lipinski definition) is 2. The van der Waals surface area contributed by atoms with Gasteiger partial charge in [-0.05, 0) is 23.3 Å². The van der Waals surface area contributed by atoms with Crippen molar-refractivity contribution in [2.75, 3.05) is 5.01 Å². The molecule has 1 N–H and O–H groups in total. The number of anilines is 1. The van der Waals surface area contributed by atoms with Gasteiger partial charge in [0.05, 0.1) is 12.2 Å². The van der Waals surface area contributed by atoms with E-state index in [1.54, 1.807) is 0 Å². The van der Waals surface area contributed by atoms with Gasteiger partial charge in [-0.1, -0.05) is 78.9 Å². The molecule has 0 amide bonds. The van der Waals surface area contributed by atoms with Crippen LogP contribution in [0.25, 0.3) is 0 Å². The summed E-state index contributed by atoms with van der Waals surface area (Å²) >= 11 is 0. The average molecular weight is 288 g/mol. The molecule has 0 fully saturated rings. The molecular formula is C20H20N2. The Bertz CT molecular complexity index is 666. The van der Waals surface area contributed by atoms with Crippen molar-refractivity contribution in [3.05, 3.63) is 102 Å². The molecule has 0 radical (unpaired) electrons. The third-order valence-electron chi connectivity index (χ3n) is 3.57. The first kappa shape index (κ1) is 14.4. The summed E-state index contributed by atoms with van der Waals surface area (Å²) in [5, 5.41) is 2.20. The summed E-state index contributed by atoms with van der Waals surface area (Å²) in [5.74, 6) is 0. The number of nitrogens with one attached hydrogen (secondary N) is 1. The lowest BCUT2D eigenvalue weighted by atomic mass is 10.2. The Labute approximate surface area is 132 Å². The largest absolute Gasteiger partial charge is 0.304 e. The molecule has 0 saturated heterocycles. The van der Waals surface area contributed by atoms with E-state index in [1.165, 1.54) is 16.8 Å². The summed E-state index contributed by atoms with van der Waals surface area (Å²) in [6.07, 6.45) is 0. The zero-order chi connectivity index (χ0) is 15.0. The lowest BCUT2D eigenvalue weighted by molar-refractivity contribution is 0.620. The van der Waals surface area contributed by atoms with Crippen LogP contribution in [0, 0.1) is 0 Å². The van der Waals surface area contributed by atoms with Gasteiger partial charge in [-0.15, -0.1) is 0 Å². The number of para-hydroxylation sites is 1. The Morgan fingerprint density at radius 3 is 1.68 bits per heavy atom. The Balaban J connectivity index is 1.74. The number of hydrazine groups is 1. The van der Waals surface area contributed by atoms with Crippen molar-refractivity contribution in [1.82, 2.24) is 5.43 Å². The Hall–Kier alpha value is -2.58. The van der Waals surface area contributed by atoms with Gasteiger partial charge in [-0.25, -0.2) is 5.43 Å². The van der Waals surface area contributed by atoms with Crippen molar-refractivity contribution in [3.63, 3.8) is 0 Å². The van der Waals surface area contributed by atoms with E-state index in [0.717, 1.165) is 13.1 Å². The van der Waals surface area contributed by atoms with E-state index in [0.29, 0.717) is 0 Å². The molecule has 2 nitrogen and oxygen atoms in total. The second-order valence-corrected chi connectivity index (χ2v) is 5.23. The van der Waals surface area contributed by atoms with E-state index in [1.807, 2.05) is 18.2 Å². The van der Waals surface area contributed by atoms with Crippen LogP contribution in [0.4, 0.5) is 5.69 Å². The van der Waals surface area contributed by atoms with E-state index >= 15 is 0 Å². The van der Waals surface area contributed by atoms with Gasteiger partial charge in [0.15, 0.2) is 0 Å². The standard InChI is InChI=1S/C20H20N2/c1-4-10-18(11-5-1)16-21-22(20-14-8-3-9-15-20)17-19-12-6-2-7-13-19/h1-15,21H,16-17H2. The molecule has 0 heterocycles. The van der Waals surface area contributed by atoms with Crippen molar-refractivity contribution >= 4 is 5.69 Å². The van der Waals surface area contributed by atoms with Crippen molar-refractivity contribution in [3.8, 4) is 0 Å². The number of rotatable bonds is 6. The van der Waals surface area contributed by atoms with Crippen LogP contribution < -0.4 is 10.4 Å². The highest BCUT2D eigenvalue weighted by atomic mass is 15.5. The lowest BCUT2D eigenvalue weighted by Gasteiger charge is -2.26. The van der Waals surface area contributed by atoms with Gasteiger partial charge in [-0.3, -0.25) is 0 Å². The molecule has 110 valence electrons. The second-order valence-electron chi connectivity index (χ2n) is 5.23. The molecule has 22 heavy (non-hydrogen) atoms. The molecule has 0 spiro atoms. The number of nitrogens with zero attached hydrogens (tertiary/aromatic N) is 1. The van der Waals surface area contributed by atoms with Crippen LogP contribution in [0.2, 0.25) is 0 Å². The predicted octanol–water partition coefficient (Wildman–Crippen LogP) is 4.40. The quantitative estimate of drug-likeness (QED) is 0.676. The van der Waals surface area contributed by atoms with Gasteiger partial charge >= 0.3 is 0 Å². The molecule has 0 aromatic heterocycles. The fraction of sp³-hybridized carbons (Fsp3) is 0.100. The summed E-state index contributed by atoms with van der Waals surface area (Å²) in [6, 6.07) is 31.4. The second kappa shape index (κ2) is 7.43. The van der Waals surface area contributed by atoms with Crippen LogP contribution in [0.1, 0.15) is 11.1 Å². The molecule has 0 atom stereocenters. The highest BCUT2D eigenvalue weighted by Crippen LogP contribution is 2.15. The maximum atomic E-state index is 3.53. The van der Waals surface area contributed by atoms with Crippen molar-refractivity contribution in [2.24, 2.45) is 0 Å². The first-order chi connectivity index (χ1) is 10.9. The van der Waals surface area contributed by atoms with Gasteiger partial charge in [0.1, 0.15) is 0 Å². The first-order valence-corrected chi connectivity index (χ1v) is 7.56. The predicted molar refractivity (Wildman–Crippen MR) is 92.3 cm³/mol. The minimum atomic E-state index is 0.808. The molecular weight excluding hydrogens is 268 g/mol. The third-order valence-corrected chi connectivity index (χ3v) is 3.57. The summed E-state index contributed by atoms with van der Waals surface area (Å²) in [5.41, 5.74) is 7.26. The van der Waals surface area contributed by atoms with Crippen LogP contribution in [-0.2, 0) is 13.1 Å². The first-order valence-electron chi connectivity index (χ1n) is 7.56. The van der Waals surface area contributed by atoms with Crippen molar-refractivity contribution < 1.29 is 0 Å². The maximum absolute atomic E-state index is 3.53. The summed E-state index contributed by atoms with van der Waals surface area (Å²) < 4.78 is 0. The Morgan fingerprint density at radius 2 is 1.09 bits per heavy atom. The maximum Gasteiger partial charge on any atom is 0.0595 e. The summed E-state index contributed by atoms with van der Waals surface area (Å²) in [4.78, 5) is 0. The van der Waals surface area contributed by atoms with Crippen LogP contribution in [-0.4, -0.2) is 0 Å². The van der Waals surface area contributed by atoms with Gasteiger partial charge in [0.25, 0.3) is 0 Å². The minimum absolute atomic E-state index is 0.808. The highest BCUT2D eigenvalue weighted by Gasteiger charge is 2.06. The van der Waals surface area contributed by atoms with Gasteiger partial charge in [0, 0.05) is 6.54 Å². The van der Waals surface area contributed by atoms with E-state index < -0.39 is 0 Å². The van der Waals surface area contributed by atoms with E-state index in [2.05, 4.69) is 83.2 Å². The topological polar surface area (TPSA) is 15.3 Å². The SMILES string of the molecule is c1ccc(CNN(Cc2ccccc2)c2ccccc2)cc1. The van der Waals surface area contributed by atoms with Gasteiger partial charge in [0.2, 0.25) is 0 Å². The monoisotopic (exact) mass is 288 g/mol. The van der Waals surface area contributed by atoms with E-state index in [4.69, 9.17) is 0 Å². The molecule has 0 saturated carbocycles. The Kier molecular flexibility index (Phi) is 4.85. The van der Waals surface area contributed by atoms with Crippen LogP contribution in [0.15, 0.2) is 91.0 Å². The Morgan fingerprint density at radius 1 is 0.591 bits per heavy atom. The van der Waals surface area contributed by atoms with Crippen LogP contribution >= 0.6 is 0 Å². The third kappa shape index (κ3) is 3.96. The number of hydrogen-bond donors (Lipinski definition) is 1. The lowest BCUT2D eigenvalue weighted by Crippen LogP contribution is -2.37. The zero-order valence-corrected chi connectivity index (χ0v) is 12.5. The zero-order valence-electron chi connectivity index (χ0n) is 12.5. The van der Waals surface area contributed by atoms with Crippen molar-refractivity contribution in [1.29, 1.82) is 0 Å². The highest BCUT2D eigenvalue weighted by molar-refractivity contribution is 5.45. The number of benzene rings is 3.